The molecule has 0 aliphatic heterocycles. The summed E-state index contributed by atoms with van der Waals surface area (Å²) >= 11 is 0.315. The third kappa shape index (κ3) is 2.38. The first-order chi connectivity index (χ1) is 8.43. The van der Waals surface area contributed by atoms with Crippen molar-refractivity contribution < 1.29 is 18.0 Å². The van der Waals surface area contributed by atoms with Crippen LogP contribution >= 0.6 is 11.3 Å². The van der Waals surface area contributed by atoms with E-state index in [0.717, 1.165) is 25.5 Å². The molecule has 1 aliphatic carbocycles. The van der Waals surface area contributed by atoms with Crippen LogP contribution in [0.25, 0.3) is 4.85 Å². The summed E-state index contributed by atoms with van der Waals surface area (Å²) in [5.41, 5.74) is 0. The maximum absolute atomic E-state index is 12.4. The predicted molar refractivity (Wildman–Crippen MR) is 59.2 cm³/mol. The lowest BCUT2D eigenvalue weighted by atomic mass is 9.78. The van der Waals surface area contributed by atoms with Gasteiger partial charge in [-0.2, -0.15) is 13.2 Å². The van der Waals surface area contributed by atoms with Crippen molar-refractivity contribution >= 4 is 17.1 Å². The van der Waals surface area contributed by atoms with E-state index in [2.05, 4.69) is 9.83 Å². The lowest BCUT2D eigenvalue weighted by molar-refractivity contribution is -0.137. The van der Waals surface area contributed by atoms with Crippen LogP contribution in [0.3, 0.4) is 0 Å². The van der Waals surface area contributed by atoms with E-state index < -0.39 is 23.0 Å². The minimum Gasteiger partial charge on any atom is -0.304 e. The fourth-order valence-electron chi connectivity index (χ4n) is 1.80. The van der Waals surface area contributed by atoms with Crippen molar-refractivity contribution in [1.29, 1.82) is 0 Å². The van der Waals surface area contributed by atoms with Crippen LogP contribution in [-0.4, -0.2) is 16.8 Å². The van der Waals surface area contributed by atoms with Crippen LogP contribution in [-0.2, 0) is 6.18 Å². The van der Waals surface area contributed by atoms with Crippen LogP contribution in [0.2, 0.25) is 0 Å². The van der Waals surface area contributed by atoms with Gasteiger partial charge in [0.05, 0.1) is 4.88 Å². The molecule has 1 unspecified atom stereocenters. The molecule has 0 spiro atoms. The van der Waals surface area contributed by atoms with Crippen molar-refractivity contribution in [2.24, 2.45) is 5.92 Å². The molecule has 18 heavy (non-hydrogen) atoms. The highest BCUT2D eigenvalue weighted by Crippen LogP contribution is 2.36. The van der Waals surface area contributed by atoms with Gasteiger partial charge < -0.3 is 4.85 Å². The van der Waals surface area contributed by atoms with Gasteiger partial charge in [-0.3, -0.25) is 4.79 Å². The van der Waals surface area contributed by atoms with E-state index >= 15 is 0 Å². The molecule has 1 aliphatic rings. The summed E-state index contributed by atoms with van der Waals surface area (Å²) in [5.74, 6) is -0.533. The number of hydrogen-bond donors (Lipinski definition) is 0. The quantitative estimate of drug-likeness (QED) is 0.625. The summed E-state index contributed by atoms with van der Waals surface area (Å²) < 4.78 is 37.1. The topological polar surface area (TPSA) is 34.3 Å². The molecule has 3 nitrogen and oxygen atoms in total. The van der Waals surface area contributed by atoms with Gasteiger partial charge in [0.1, 0.15) is 0 Å². The Morgan fingerprint density at radius 2 is 2.22 bits per heavy atom. The molecular weight excluding hydrogens is 265 g/mol. The van der Waals surface area contributed by atoms with E-state index in [9.17, 15) is 18.0 Å². The fourth-order valence-corrected chi connectivity index (χ4v) is 2.55. The second-order valence-corrected chi connectivity index (χ2v) is 5.19. The Morgan fingerprint density at radius 3 is 2.61 bits per heavy atom. The van der Waals surface area contributed by atoms with Gasteiger partial charge in [-0.25, -0.2) is 11.6 Å². The Bertz CT molecular complexity index is 499. The minimum atomic E-state index is -4.53. The number of carbonyl (C=O) groups excluding carboxylic acids is 1. The Hall–Kier alpha value is -1.42. The molecule has 0 bridgehead atoms. The molecule has 1 heterocycles. The number of hydrogen-bond acceptors (Lipinski definition) is 3. The molecule has 2 rings (SSSR count). The van der Waals surface area contributed by atoms with Gasteiger partial charge in [0.2, 0.25) is 0 Å². The fraction of sp³-hybridized carbons (Fsp3) is 0.545. The molecule has 96 valence electrons. The average Bonchev–Trinajstić information content (AvgIpc) is 2.70. The van der Waals surface area contributed by atoms with Crippen molar-refractivity contribution in [3.63, 3.8) is 0 Å². The first-order valence-electron chi connectivity index (χ1n) is 5.37. The molecule has 0 saturated heterocycles. The summed E-state index contributed by atoms with van der Waals surface area (Å²) in [5, 5.41) is -1.04. The molecule has 1 saturated carbocycles. The predicted octanol–water partition coefficient (Wildman–Crippen LogP) is 3.43. The molecule has 0 radical (unpaired) electrons. The van der Waals surface area contributed by atoms with Gasteiger partial charge in [-0.05, 0) is 12.8 Å². The average molecular weight is 274 g/mol. The first kappa shape index (κ1) is 13.0. The highest BCUT2D eigenvalue weighted by Gasteiger charge is 2.41. The van der Waals surface area contributed by atoms with Gasteiger partial charge >= 0.3 is 6.18 Å². The van der Waals surface area contributed by atoms with E-state index in [0.29, 0.717) is 11.3 Å². The zero-order valence-electron chi connectivity index (χ0n) is 9.20. The zero-order chi connectivity index (χ0) is 13.3. The van der Waals surface area contributed by atoms with Crippen LogP contribution in [0.15, 0.2) is 6.20 Å². The molecule has 1 atom stereocenters. The van der Waals surface area contributed by atoms with E-state index in [1.54, 1.807) is 0 Å². The first-order valence-corrected chi connectivity index (χ1v) is 6.19. The molecule has 1 aromatic heterocycles. The summed E-state index contributed by atoms with van der Waals surface area (Å²) in [6, 6.07) is -0.847. The molecule has 1 fully saturated rings. The van der Waals surface area contributed by atoms with Crippen molar-refractivity contribution in [3.8, 4) is 0 Å². The molecule has 7 heteroatoms. The third-order valence-electron chi connectivity index (χ3n) is 3.00. The van der Waals surface area contributed by atoms with Crippen LogP contribution in [0.5, 0.6) is 0 Å². The number of rotatable bonds is 3. The highest BCUT2D eigenvalue weighted by molar-refractivity contribution is 7.13. The van der Waals surface area contributed by atoms with Crippen LogP contribution in [0, 0.1) is 12.5 Å². The third-order valence-corrected chi connectivity index (χ3v) is 4.05. The van der Waals surface area contributed by atoms with Crippen LogP contribution < -0.4 is 0 Å². The second kappa shape index (κ2) is 4.69. The molecular formula is C11H9F3N2OS. The number of nitrogens with zero attached hydrogens (tertiary/aromatic N) is 2. The summed E-state index contributed by atoms with van der Waals surface area (Å²) in [6.45, 7) is 7.00. The monoisotopic (exact) mass is 274 g/mol. The van der Waals surface area contributed by atoms with Gasteiger partial charge in [-0.15, -0.1) is 11.3 Å². The number of aromatic nitrogens is 1. The lowest BCUT2D eigenvalue weighted by Crippen LogP contribution is -2.31. The molecule has 1 aromatic rings. The Balaban J connectivity index is 2.18. The SMILES string of the molecule is [C-]#[N+]C(C(=O)c1cnc(C(F)(F)F)s1)C1CCC1. The van der Waals surface area contributed by atoms with E-state index in [1.165, 1.54) is 0 Å². The van der Waals surface area contributed by atoms with Gasteiger partial charge in [-0.1, -0.05) is 6.42 Å². The minimum absolute atomic E-state index is 0.00793. The second-order valence-electron chi connectivity index (χ2n) is 4.16. The van der Waals surface area contributed by atoms with Crippen LogP contribution in [0.4, 0.5) is 13.2 Å². The number of ketones is 1. The summed E-state index contributed by atoms with van der Waals surface area (Å²) in [7, 11) is 0. The lowest BCUT2D eigenvalue weighted by Gasteiger charge is -2.24. The number of alkyl halides is 3. The molecule has 0 aromatic carbocycles. The summed E-state index contributed by atoms with van der Waals surface area (Å²) in [6.07, 6.45) is -1.05. The van der Waals surface area contributed by atoms with Gasteiger partial charge in [0.25, 0.3) is 11.8 Å². The molecule has 0 amide bonds. The van der Waals surface area contributed by atoms with Crippen LogP contribution in [0.1, 0.15) is 33.9 Å². The van der Waals surface area contributed by atoms with Crippen molar-refractivity contribution in [1.82, 2.24) is 4.98 Å². The normalized spacial score (nSPS) is 17.9. The molecule has 0 N–H and O–H groups in total. The smallest absolute Gasteiger partial charge is 0.304 e. The number of halogens is 3. The van der Waals surface area contributed by atoms with Crippen molar-refractivity contribution in [3.05, 3.63) is 27.5 Å². The van der Waals surface area contributed by atoms with E-state index in [1.807, 2.05) is 0 Å². The maximum atomic E-state index is 12.4. The number of thiazole rings is 1. The Kier molecular flexibility index (Phi) is 3.39. The highest BCUT2D eigenvalue weighted by atomic mass is 32.1. The number of carbonyl (C=O) groups is 1. The van der Waals surface area contributed by atoms with Crippen molar-refractivity contribution in [2.45, 2.75) is 31.5 Å². The maximum Gasteiger partial charge on any atom is 0.443 e. The largest absolute Gasteiger partial charge is 0.443 e. The Morgan fingerprint density at radius 1 is 1.56 bits per heavy atom. The van der Waals surface area contributed by atoms with Crippen molar-refractivity contribution in [2.75, 3.05) is 0 Å². The van der Waals surface area contributed by atoms with E-state index in [4.69, 9.17) is 6.57 Å². The summed E-state index contributed by atoms with van der Waals surface area (Å²) in [4.78, 5) is 18.3. The zero-order valence-corrected chi connectivity index (χ0v) is 10.0. The van der Waals surface area contributed by atoms with Gasteiger partial charge in [0, 0.05) is 12.1 Å². The number of Topliss-reactive ketones (excluding diaryl/α,β-unsaturated/α-hetero) is 1. The standard InChI is InChI=1S/C11H9F3N2OS/c1-15-8(6-3-2-4-6)9(17)7-5-16-10(18-7)11(12,13)14/h5-6,8H,2-4H2. The Labute approximate surface area is 105 Å². The van der Waals surface area contributed by atoms with Gasteiger partial charge in [0.15, 0.2) is 5.01 Å². The van der Waals surface area contributed by atoms with E-state index in [-0.39, 0.29) is 10.8 Å².